The number of piperidine rings is 1. The number of nitrogens with zero attached hydrogens (tertiary/aromatic N) is 6. The number of pyridine rings is 1. The van der Waals surface area contributed by atoms with Gasteiger partial charge in [0.25, 0.3) is 5.89 Å². The Balaban J connectivity index is 1.45. The van der Waals surface area contributed by atoms with E-state index in [2.05, 4.69) is 42.2 Å². The normalized spacial score (nSPS) is 18.6. The van der Waals surface area contributed by atoms with Crippen molar-refractivity contribution in [2.24, 2.45) is 0 Å². The van der Waals surface area contributed by atoms with Crippen molar-refractivity contribution in [2.75, 3.05) is 13.1 Å². The Labute approximate surface area is 139 Å². The molecule has 0 bridgehead atoms. The van der Waals surface area contributed by atoms with E-state index in [1.54, 1.807) is 18.6 Å². The summed E-state index contributed by atoms with van der Waals surface area (Å²) in [4.78, 5) is 14.7. The first kappa shape index (κ1) is 14.9. The van der Waals surface area contributed by atoms with E-state index in [0.29, 0.717) is 17.5 Å². The maximum absolute atomic E-state index is 5.85. The molecule has 3 aromatic heterocycles. The Hall–Kier alpha value is -2.67. The van der Waals surface area contributed by atoms with Crippen molar-refractivity contribution < 1.29 is 4.42 Å². The minimum Gasteiger partial charge on any atom is -0.419 e. The summed E-state index contributed by atoms with van der Waals surface area (Å²) >= 11 is 0. The highest BCUT2D eigenvalue weighted by Crippen LogP contribution is 2.28. The zero-order valence-corrected chi connectivity index (χ0v) is 13.2. The van der Waals surface area contributed by atoms with Crippen LogP contribution in [0.1, 0.15) is 30.2 Å². The van der Waals surface area contributed by atoms with E-state index in [0.717, 1.165) is 32.5 Å². The van der Waals surface area contributed by atoms with Gasteiger partial charge in [-0.1, -0.05) is 0 Å². The second-order valence-electron chi connectivity index (χ2n) is 5.97. The lowest BCUT2D eigenvalue weighted by Crippen LogP contribution is -2.34. The number of rotatable bonds is 4. The highest BCUT2D eigenvalue weighted by atomic mass is 16.4. The zero-order valence-electron chi connectivity index (χ0n) is 13.2. The van der Waals surface area contributed by atoms with Crippen LogP contribution in [0.25, 0.3) is 11.6 Å². The van der Waals surface area contributed by atoms with Gasteiger partial charge in [-0.3, -0.25) is 14.9 Å². The molecule has 0 unspecified atom stereocenters. The highest BCUT2D eigenvalue weighted by molar-refractivity contribution is 5.43. The monoisotopic (exact) mass is 322 g/mol. The standard InChI is InChI=1S/C17H18N6O/c1-2-14(12-23(9-1)11-13-3-5-18-6-4-13)16-21-22-17(24-16)15-10-19-7-8-20-15/h3-8,10,14H,1-2,9,11-12H2/t14-/m0/s1. The Morgan fingerprint density at radius 3 is 2.83 bits per heavy atom. The fraction of sp³-hybridized carbons (Fsp3) is 0.353. The van der Waals surface area contributed by atoms with Crippen molar-refractivity contribution in [3.8, 4) is 11.6 Å². The van der Waals surface area contributed by atoms with Gasteiger partial charge in [0, 0.05) is 37.9 Å². The predicted molar refractivity (Wildman–Crippen MR) is 86.8 cm³/mol. The molecule has 0 radical (unpaired) electrons. The van der Waals surface area contributed by atoms with Gasteiger partial charge in [-0.2, -0.15) is 0 Å². The summed E-state index contributed by atoms with van der Waals surface area (Å²) in [5, 5.41) is 8.36. The van der Waals surface area contributed by atoms with Gasteiger partial charge in [0.1, 0.15) is 5.69 Å². The Bertz CT molecular complexity index is 776. The number of aromatic nitrogens is 5. The van der Waals surface area contributed by atoms with Gasteiger partial charge >= 0.3 is 0 Å². The predicted octanol–water partition coefficient (Wildman–Crippen LogP) is 2.30. The van der Waals surface area contributed by atoms with Gasteiger partial charge in [-0.15, -0.1) is 10.2 Å². The summed E-state index contributed by atoms with van der Waals surface area (Å²) in [6, 6.07) is 4.12. The molecular formula is C17H18N6O. The van der Waals surface area contributed by atoms with Crippen molar-refractivity contribution in [3.05, 3.63) is 54.6 Å². The first-order valence-electron chi connectivity index (χ1n) is 8.09. The van der Waals surface area contributed by atoms with Gasteiger partial charge < -0.3 is 4.42 Å². The molecule has 7 heteroatoms. The quantitative estimate of drug-likeness (QED) is 0.729. The van der Waals surface area contributed by atoms with Crippen LogP contribution in [-0.4, -0.2) is 43.1 Å². The molecule has 1 fully saturated rings. The smallest absolute Gasteiger partial charge is 0.267 e. The fourth-order valence-electron chi connectivity index (χ4n) is 3.06. The van der Waals surface area contributed by atoms with Crippen LogP contribution in [0.4, 0.5) is 0 Å². The van der Waals surface area contributed by atoms with Gasteiger partial charge in [0.2, 0.25) is 5.89 Å². The molecule has 4 rings (SSSR count). The minimum absolute atomic E-state index is 0.263. The fourth-order valence-corrected chi connectivity index (χ4v) is 3.06. The van der Waals surface area contributed by atoms with E-state index < -0.39 is 0 Å². The van der Waals surface area contributed by atoms with Crippen LogP contribution < -0.4 is 0 Å². The Morgan fingerprint density at radius 1 is 1.08 bits per heavy atom. The van der Waals surface area contributed by atoms with E-state index in [1.807, 2.05) is 12.4 Å². The van der Waals surface area contributed by atoms with Crippen LogP contribution in [0.3, 0.4) is 0 Å². The first-order valence-corrected chi connectivity index (χ1v) is 8.09. The van der Waals surface area contributed by atoms with Crippen LogP contribution in [0, 0.1) is 0 Å². The molecule has 0 N–H and O–H groups in total. The maximum atomic E-state index is 5.85. The van der Waals surface area contributed by atoms with Crippen LogP contribution in [0.5, 0.6) is 0 Å². The molecule has 0 amide bonds. The first-order chi connectivity index (χ1) is 11.9. The third kappa shape index (κ3) is 3.30. The molecule has 1 aliphatic heterocycles. The van der Waals surface area contributed by atoms with Crippen molar-refractivity contribution in [3.63, 3.8) is 0 Å². The molecule has 3 aromatic rings. The average Bonchev–Trinajstić information content (AvgIpc) is 3.14. The molecule has 1 saturated heterocycles. The summed E-state index contributed by atoms with van der Waals surface area (Å²) < 4.78 is 5.85. The van der Waals surface area contributed by atoms with Gasteiger partial charge in [-0.25, -0.2) is 4.98 Å². The lowest BCUT2D eigenvalue weighted by molar-refractivity contribution is 0.186. The lowest BCUT2D eigenvalue weighted by Gasteiger charge is -2.30. The molecular weight excluding hydrogens is 304 g/mol. The van der Waals surface area contributed by atoms with E-state index >= 15 is 0 Å². The summed E-state index contributed by atoms with van der Waals surface area (Å²) in [5.74, 6) is 1.39. The van der Waals surface area contributed by atoms with E-state index in [9.17, 15) is 0 Å². The van der Waals surface area contributed by atoms with Crippen molar-refractivity contribution in [1.29, 1.82) is 0 Å². The van der Waals surface area contributed by atoms with Gasteiger partial charge in [0.05, 0.1) is 12.1 Å². The zero-order chi connectivity index (χ0) is 16.2. The van der Waals surface area contributed by atoms with E-state index in [-0.39, 0.29) is 5.92 Å². The molecule has 7 nitrogen and oxygen atoms in total. The molecule has 1 aliphatic rings. The van der Waals surface area contributed by atoms with Gasteiger partial charge in [0.15, 0.2) is 0 Å². The highest BCUT2D eigenvalue weighted by Gasteiger charge is 2.26. The summed E-state index contributed by atoms with van der Waals surface area (Å²) in [5.41, 5.74) is 1.89. The number of likely N-dealkylation sites (tertiary alicyclic amines) is 1. The van der Waals surface area contributed by atoms with Crippen molar-refractivity contribution >= 4 is 0 Å². The summed E-state index contributed by atoms with van der Waals surface area (Å²) in [6.45, 7) is 2.93. The Kier molecular flexibility index (Phi) is 4.24. The minimum atomic E-state index is 0.263. The molecule has 122 valence electrons. The second kappa shape index (κ2) is 6.84. The van der Waals surface area contributed by atoms with Crippen LogP contribution in [-0.2, 0) is 6.54 Å². The van der Waals surface area contributed by atoms with E-state index in [1.165, 1.54) is 5.56 Å². The summed E-state index contributed by atoms with van der Waals surface area (Å²) in [6.07, 6.45) is 10.7. The molecule has 0 aromatic carbocycles. The molecule has 4 heterocycles. The van der Waals surface area contributed by atoms with Gasteiger partial charge in [-0.05, 0) is 37.1 Å². The molecule has 0 aliphatic carbocycles. The lowest BCUT2D eigenvalue weighted by atomic mass is 9.97. The molecule has 0 saturated carbocycles. The van der Waals surface area contributed by atoms with Crippen molar-refractivity contribution in [1.82, 2.24) is 30.0 Å². The SMILES string of the molecule is c1cc(CN2CCC[C@H](c3nnc(-c4cnccn4)o3)C2)ccn1. The number of hydrogen-bond acceptors (Lipinski definition) is 7. The van der Waals surface area contributed by atoms with Crippen LogP contribution >= 0.6 is 0 Å². The van der Waals surface area contributed by atoms with E-state index in [4.69, 9.17) is 4.42 Å². The third-order valence-electron chi connectivity index (χ3n) is 4.23. The third-order valence-corrected chi connectivity index (χ3v) is 4.23. The largest absolute Gasteiger partial charge is 0.419 e. The maximum Gasteiger partial charge on any atom is 0.267 e. The second-order valence-corrected chi connectivity index (χ2v) is 5.97. The van der Waals surface area contributed by atoms with Crippen LogP contribution in [0.15, 0.2) is 47.5 Å². The molecule has 24 heavy (non-hydrogen) atoms. The number of hydrogen-bond donors (Lipinski definition) is 0. The van der Waals surface area contributed by atoms with Crippen molar-refractivity contribution in [2.45, 2.75) is 25.3 Å². The van der Waals surface area contributed by atoms with Crippen LogP contribution in [0.2, 0.25) is 0 Å². The topological polar surface area (TPSA) is 80.8 Å². The summed E-state index contributed by atoms with van der Waals surface area (Å²) in [7, 11) is 0. The average molecular weight is 322 g/mol. The molecule has 1 atom stereocenters. The molecule has 0 spiro atoms. The Morgan fingerprint density at radius 2 is 2.00 bits per heavy atom.